The second-order valence-electron chi connectivity index (χ2n) is 7.84. The number of carboxylic acid groups (broad SMARTS) is 1. The molecule has 0 saturated carbocycles. The summed E-state index contributed by atoms with van der Waals surface area (Å²) >= 11 is 0. The third-order valence-corrected chi connectivity index (χ3v) is 5.67. The molecule has 3 rings (SSSR count). The number of ether oxygens (including phenoxy) is 1. The predicted octanol–water partition coefficient (Wildman–Crippen LogP) is 3.71. The topological polar surface area (TPSA) is 70.6 Å². The molecule has 4 unspecified atom stereocenters. The normalized spacial score (nSPS) is 24.5. The van der Waals surface area contributed by atoms with Gasteiger partial charge >= 0.3 is 5.97 Å². The van der Waals surface area contributed by atoms with Gasteiger partial charge in [0.2, 0.25) is 0 Å². The van der Waals surface area contributed by atoms with Crippen LogP contribution < -0.4 is 15.4 Å². The summed E-state index contributed by atoms with van der Waals surface area (Å²) in [5.41, 5.74) is 3.38. The van der Waals surface area contributed by atoms with Crippen molar-refractivity contribution >= 4 is 5.97 Å². The van der Waals surface area contributed by atoms with Gasteiger partial charge in [0.25, 0.3) is 0 Å². The summed E-state index contributed by atoms with van der Waals surface area (Å²) in [4.78, 5) is 12.0. The molecule has 5 heteroatoms. The lowest BCUT2D eigenvalue weighted by atomic mass is 9.91. The van der Waals surface area contributed by atoms with E-state index < -0.39 is 11.9 Å². The van der Waals surface area contributed by atoms with Crippen LogP contribution in [-0.2, 0) is 11.3 Å². The van der Waals surface area contributed by atoms with Crippen LogP contribution in [0, 0.1) is 5.92 Å². The highest BCUT2D eigenvalue weighted by atomic mass is 16.5. The minimum atomic E-state index is -0.779. The van der Waals surface area contributed by atoms with Gasteiger partial charge in [-0.25, -0.2) is 0 Å². The highest BCUT2D eigenvalue weighted by Crippen LogP contribution is 2.33. The molecule has 2 aromatic carbocycles. The van der Waals surface area contributed by atoms with Gasteiger partial charge in [0.1, 0.15) is 5.75 Å². The summed E-state index contributed by atoms with van der Waals surface area (Å²) in [6.07, 6.45) is 0. The first-order valence-electron chi connectivity index (χ1n) is 9.86. The molecule has 28 heavy (non-hydrogen) atoms. The van der Waals surface area contributed by atoms with Crippen molar-refractivity contribution in [2.75, 3.05) is 7.11 Å². The van der Waals surface area contributed by atoms with Gasteiger partial charge in [-0.2, -0.15) is 0 Å². The third-order valence-electron chi connectivity index (χ3n) is 5.67. The Bertz CT molecular complexity index is 807. The quantitative estimate of drug-likeness (QED) is 0.681. The molecule has 1 saturated heterocycles. The van der Waals surface area contributed by atoms with Crippen LogP contribution in [-0.4, -0.2) is 30.3 Å². The van der Waals surface area contributed by atoms with Crippen LogP contribution in [0.4, 0.5) is 0 Å². The predicted molar refractivity (Wildman–Crippen MR) is 111 cm³/mol. The Morgan fingerprint density at radius 1 is 1.21 bits per heavy atom. The van der Waals surface area contributed by atoms with E-state index in [0.29, 0.717) is 12.5 Å². The Hall–Kier alpha value is -2.37. The van der Waals surface area contributed by atoms with Crippen molar-refractivity contribution < 1.29 is 14.6 Å². The van der Waals surface area contributed by atoms with Crippen molar-refractivity contribution in [3.05, 3.63) is 65.2 Å². The number of hydrogen-bond acceptors (Lipinski definition) is 4. The maximum absolute atomic E-state index is 12.0. The summed E-state index contributed by atoms with van der Waals surface area (Å²) in [6.45, 7) is 6.81. The SMILES string of the molecule is COc1ccc(C(C)C)cc1CNC1C(c2ccccc2)NC(C)C1C(=O)O. The molecule has 150 valence electrons. The zero-order chi connectivity index (χ0) is 20.3. The summed E-state index contributed by atoms with van der Waals surface area (Å²) in [6, 6.07) is 15.9. The second kappa shape index (κ2) is 8.76. The summed E-state index contributed by atoms with van der Waals surface area (Å²) in [7, 11) is 1.67. The first-order chi connectivity index (χ1) is 13.4. The van der Waals surface area contributed by atoms with Crippen molar-refractivity contribution in [2.24, 2.45) is 5.92 Å². The summed E-state index contributed by atoms with van der Waals surface area (Å²) in [5, 5.41) is 16.8. The van der Waals surface area contributed by atoms with Crippen molar-refractivity contribution in [2.45, 2.75) is 51.4 Å². The van der Waals surface area contributed by atoms with Crippen LogP contribution in [0.25, 0.3) is 0 Å². The molecule has 2 aromatic rings. The minimum absolute atomic E-state index is 0.0587. The van der Waals surface area contributed by atoms with Crippen molar-refractivity contribution in [1.82, 2.24) is 10.6 Å². The molecular formula is C23H30N2O3. The molecule has 0 radical (unpaired) electrons. The number of aliphatic carboxylic acids is 1. The third kappa shape index (κ3) is 4.21. The Balaban J connectivity index is 1.87. The Labute approximate surface area is 167 Å². The number of methoxy groups -OCH3 is 1. The number of nitrogens with one attached hydrogen (secondary N) is 2. The second-order valence-corrected chi connectivity index (χ2v) is 7.84. The lowest BCUT2D eigenvalue weighted by Crippen LogP contribution is -2.41. The van der Waals surface area contributed by atoms with E-state index in [1.807, 2.05) is 43.3 Å². The molecule has 4 atom stereocenters. The molecule has 1 aliphatic rings. The summed E-state index contributed by atoms with van der Waals surface area (Å²) < 4.78 is 5.53. The van der Waals surface area contributed by atoms with Crippen LogP contribution in [0.2, 0.25) is 0 Å². The molecule has 0 aliphatic carbocycles. The maximum Gasteiger partial charge on any atom is 0.309 e. The van der Waals surface area contributed by atoms with E-state index in [9.17, 15) is 9.90 Å². The Kier molecular flexibility index (Phi) is 6.37. The van der Waals surface area contributed by atoms with E-state index in [2.05, 4.69) is 36.6 Å². The number of benzene rings is 2. The van der Waals surface area contributed by atoms with Crippen molar-refractivity contribution in [3.8, 4) is 5.75 Å². The van der Waals surface area contributed by atoms with E-state index >= 15 is 0 Å². The molecular weight excluding hydrogens is 352 g/mol. The first kappa shape index (κ1) is 20.4. The van der Waals surface area contributed by atoms with E-state index in [1.165, 1.54) is 5.56 Å². The average Bonchev–Trinajstić information content (AvgIpc) is 3.03. The molecule has 0 aromatic heterocycles. The van der Waals surface area contributed by atoms with E-state index in [1.54, 1.807) is 7.11 Å². The fraction of sp³-hybridized carbons (Fsp3) is 0.435. The van der Waals surface area contributed by atoms with Crippen molar-refractivity contribution in [3.63, 3.8) is 0 Å². The van der Waals surface area contributed by atoms with Crippen LogP contribution >= 0.6 is 0 Å². The maximum atomic E-state index is 12.0. The highest BCUT2D eigenvalue weighted by Gasteiger charge is 2.45. The smallest absolute Gasteiger partial charge is 0.309 e. The molecule has 0 spiro atoms. The lowest BCUT2D eigenvalue weighted by Gasteiger charge is -2.25. The molecule has 0 bridgehead atoms. The number of hydrogen-bond donors (Lipinski definition) is 3. The van der Waals surface area contributed by atoms with Crippen molar-refractivity contribution in [1.29, 1.82) is 0 Å². The largest absolute Gasteiger partial charge is 0.496 e. The van der Waals surface area contributed by atoms with Gasteiger partial charge in [-0.15, -0.1) is 0 Å². The minimum Gasteiger partial charge on any atom is -0.496 e. The number of carbonyl (C=O) groups is 1. The van der Waals surface area contributed by atoms with Gasteiger partial charge in [-0.05, 0) is 30.0 Å². The van der Waals surface area contributed by atoms with Gasteiger partial charge in [-0.1, -0.05) is 56.3 Å². The monoisotopic (exact) mass is 382 g/mol. The summed E-state index contributed by atoms with van der Waals surface area (Å²) in [5.74, 6) is -0.0518. The van der Waals surface area contributed by atoms with Crippen LogP contribution in [0.3, 0.4) is 0 Å². The van der Waals surface area contributed by atoms with Crippen LogP contribution in [0.1, 0.15) is 49.4 Å². The molecule has 1 fully saturated rings. The molecule has 1 heterocycles. The zero-order valence-electron chi connectivity index (χ0n) is 17.0. The van der Waals surface area contributed by atoms with Gasteiger partial charge in [0, 0.05) is 30.2 Å². The molecule has 1 aliphatic heterocycles. The van der Waals surface area contributed by atoms with E-state index in [-0.39, 0.29) is 18.1 Å². The van der Waals surface area contributed by atoms with Crippen LogP contribution in [0.15, 0.2) is 48.5 Å². The fourth-order valence-electron chi connectivity index (χ4n) is 4.11. The van der Waals surface area contributed by atoms with Gasteiger partial charge in [0.05, 0.1) is 13.0 Å². The van der Waals surface area contributed by atoms with Gasteiger partial charge in [0.15, 0.2) is 0 Å². The molecule has 3 N–H and O–H groups in total. The Morgan fingerprint density at radius 3 is 2.54 bits per heavy atom. The highest BCUT2D eigenvalue weighted by molar-refractivity contribution is 5.72. The zero-order valence-corrected chi connectivity index (χ0v) is 17.0. The Morgan fingerprint density at radius 2 is 1.93 bits per heavy atom. The molecule has 0 amide bonds. The van der Waals surface area contributed by atoms with E-state index in [0.717, 1.165) is 16.9 Å². The number of carboxylic acids is 1. The average molecular weight is 383 g/mol. The van der Waals surface area contributed by atoms with E-state index in [4.69, 9.17) is 4.74 Å². The van der Waals surface area contributed by atoms with Crippen LogP contribution in [0.5, 0.6) is 5.75 Å². The van der Waals surface area contributed by atoms with Gasteiger partial charge in [-0.3, -0.25) is 4.79 Å². The first-order valence-corrected chi connectivity index (χ1v) is 9.86. The number of rotatable bonds is 7. The fourth-order valence-corrected chi connectivity index (χ4v) is 4.11. The lowest BCUT2D eigenvalue weighted by molar-refractivity contribution is -0.142. The molecule has 5 nitrogen and oxygen atoms in total. The standard InChI is InChI=1S/C23H30N2O3/c1-14(2)17-10-11-19(28-4)18(12-17)13-24-22-20(23(26)27)15(3)25-21(22)16-8-6-5-7-9-16/h5-12,14-15,20-22,24-25H,13H2,1-4H3,(H,26,27). The van der Waals surface area contributed by atoms with Gasteiger partial charge < -0.3 is 20.5 Å².